The number of nitrogens with one attached hydrogen (secondary N) is 1. The summed E-state index contributed by atoms with van der Waals surface area (Å²) >= 11 is 0. The van der Waals surface area contributed by atoms with E-state index < -0.39 is 0 Å². The molecule has 2 amide bonds. The van der Waals surface area contributed by atoms with Crippen molar-refractivity contribution in [2.24, 2.45) is 11.8 Å². The number of rotatable bonds is 5. The zero-order chi connectivity index (χ0) is 19.2. The van der Waals surface area contributed by atoms with Crippen LogP contribution in [0.4, 0.5) is 0 Å². The molecular weight excluding hydrogens is 336 g/mol. The Morgan fingerprint density at radius 3 is 2.11 bits per heavy atom. The summed E-state index contributed by atoms with van der Waals surface area (Å²) < 4.78 is 0. The average molecular weight is 364 g/mol. The van der Waals surface area contributed by atoms with Gasteiger partial charge in [0.05, 0.1) is 12.5 Å². The molecule has 3 atom stereocenters. The van der Waals surface area contributed by atoms with Gasteiger partial charge in [-0.15, -0.1) is 0 Å². The van der Waals surface area contributed by atoms with E-state index in [9.17, 15) is 9.59 Å². The van der Waals surface area contributed by atoms with Crippen molar-refractivity contribution in [3.05, 3.63) is 71.8 Å². The third-order valence-electron chi connectivity index (χ3n) is 5.14. The monoisotopic (exact) mass is 364 g/mol. The fourth-order valence-corrected chi connectivity index (χ4v) is 3.94. The van der Waals surface area contributed by atoms with Crippen LogP contribution >= 0.6 is 0 Å². The SMILES string of the molecule is C[C@@H]1C[C@H](C)CN(C(=O)C[C@H](NC(=O)c2ccccc2)c2ccccc2)C1. The summed E-state index contributed by atoms with van der Waals surface area (Å²) in [6, 6.07) is 18.5. The van der Waals surface area contributed by atoms with E-state index in [0.717, 1.165) is 25.1 Å². The maximum Gasteiger partial charge on any atom is 0.251 e. The van der Waals surface area contributed by atoms with E-state index in [-0.39, 0.29) is 24.3 Å². The van der Waals surface area contributed by atoms with Crippen molar-refractivity contribution < 1.29 is 9.59 Å². The van der Waals surface area contributed by atoms with Gasteiger partial charge in [0, 0.05) is 18.7 Å². The number of hydrogen-bond donors (Lipinski definition) is 1. The zero-order valence-corrected chi connectivity index (χ0v) is 16.1. The van der Waals surface area contributed by atoms with E-state index in [1.165, 1.54) is 0 Å². The van der Waals surface area contributed by atoms with Crippen molar-refractivity contribution >= 4 is 11.8 Å². The molecule has 1 saturated heterocycles. The molecule has 1 heterocycles. The van der Waals surface area contributed by atoms with E-state index in [0.29, 0.717) is 17.4 Å². The molecule has 3 rings (SSSR count). The second-order valence-electron chi connectivity index (χ2n) is 7.75. The average Bonchev–Trinajstić information content (AvgIpc) is 2.68. The molecule has 0 saturated carbocycles. The molecule has 1 aliphatic rings. The number of nitrogens with zero attached hydrogens (tertiary/aromatic N) is 1. The Kier molecular flexibility index (Phi) is 6.28. The molecule has 4 nitrogen and oxygen atoms in total. The number of amides is 2. The molecule has 0 aliphatic carbocycles. The highest BCUT2D eigenvalue weighted by atomic mass is 16.2. The smallest absolute Gasteiger partial charge is 0.251 e. The Bertz CT molecular complexity index is 750. The number of likely N-dealkylation sites (tertiary alicyclic amines) is 1. The topological polar surface area (TPSA) is 49.4 Å². The third kappa shape index (κ3) is 5.19. The van der Waals surface area contributed by atoms with Crippen molar-refractivity contribution in [1.82, 2.24) is 10.2 Å². The number of carbonyl (C=O) groups excluding carboxylic acids is 2. The fourth-order valence-electron chi connectivity index (χ4n) is 3.94. The minimum atomic E-state index is -0.334. The van der Waals surface area contributed by atoms with E-state index in [4.69, 9.17) is 0 Å². The van der Waals surface area contributed by atoms with Gasteiger partial charge >= 0.3 is 0 Å². The van der Waals surface area contributed by atoms with Gasteiger partial charge in [-0.1, -0.05) is 62.4 Å². The van der Waals surface area contributed by atoms with E-state index in [1.807, 2.05) is 53.4 Å². The lowest BCUT2D eigenvalue weighted by atomic mass is 9.91. The van der Waals surface area contributed by atoms with E-state index in [2.05, 4.69) is 19.2 Å². The Hall–Kier alpha value is -2.62. The van der Waals surface area contributed by atoms with Gasteiger partial charge in [0.15, 0.2) is 0 Å². The summed E-state index contributed by atoms with van der Waals surface area (Å²) in [7, 11) is 0. The molecule has 0 radical (unpaired) electrons. The normalized spacial score (nSPS) is 20.7. The Morgan fingerprint density at radius 2 is 1.52 bits per heavy atom. The minimum Gasteiger partial charge on any atom is -0.345 e. The Labute approximate surface area is 161 Å². The van der Waals surface area contributed by atoms with Crippen molar-refractivity contribution in [3.63, 3.8) is 0 Å². The number of carbonyl (C=O) groups is 2. The minimum absolute atomic E-state index is 0.107. The molecule has 1 aliphatic heterocycles. The predicted molar refractivity (Wildman–Crippen MR) is 107 cm³/mol. The molecule has 0 spiro atoms. The highest BCUT2D eigenvalue weighted by Crippen LogP contribution is 2.24. The summed E-state index contributed by atoms with van der Waals surface area (Å²) in [5.74, 6) is 0.992. The van der Waals surface area contributed by atoms with Crippen molar-refractivity contribution in [2.45, 2.75) is 32.7 Å². The molecule has 0 aromatic heterocycles. The summed E-state index contributed by atoms with van der Waals surface area (Å²) in [6.07, 6.45) is 1.44. The number of piperidine rings is 1. The van der Waals surface area contributed by atoms with Crippen LogP contribution in [0.25, 0.3) is 0 Å². The van der Waals surface area contributed by atoms with E-state index in [1.54, 1.807) is 12.1 Å². The first kappa shape index (κ1) is 19.2. The molecule has 2 aromatic rings. The van der Waals surface area contributed by atoms with Crippen molar-refractivity contribution in [2.75, 3.05) is 13.1 Å². The van der Waals surface area contributed by atoms with Gasteiger partial charge in [0.2, 0.25) is 5.91 Å². The molecule has 0 unspecified atom stereocenters. The largest absolute Gasteiger partial charge is 0.345 e. The lowest BCUT2D eigenvalue weighted by molar-refractivity contribution is -0.134. The van der Waals surface area contributed by atoms with E-state index >= 15 is 0 Å². The second kappa shape index (κ2) is 8.85. The second-order valence-corrected chi connectivity index (χ2v) is 7.75. The van der Waals surface area contributed by atoms with Crippen LogP contribution in [0.3, 0.4) is 0 Å². The van der Waals surface area contributed by atoms with Gasteiger partial charge in [-0.25, -0.2) is 0 Å². The molecule has 142 valence electrons. The summed E-state index contributed by atoms with van der Waals surface area (Å²) in [5, 5.41) is 3.06. The van der Waals surface area contributed by atoms with Crippen molar-refractivity contribution in [1.29, 1.82) is 0 Å². The maximum atomic E-state index is 13.0. The lowest BCUT2D eigenvalue weighted by Crippen LogP contribution is -2.44. The van der Waals surface area contributed by atoms with Crippen LogP contribution in [-0.2, 0) is 4.79 Å². The van der Waals surface area contributed by atoms with Gasteiger partial charge in [-0.2, -0.15) is 0 Å². The van der Waals surface area contributed by atoms with Crippen LogP contribution in [0.2, 0.25) is 0 Å². The van der Waals surface area contributed by atoms with Crippen LogP contribution in [0.5, 0.6) is 0 Å². The number of hydrogen-bond acceptors (Lipinski definition) is 2. The van der Waals surface area contributed by atoms with Crippen LogP contribution < -0.4 is 5.32 Å². The molecule has 4 heteroatoms. The van der Waals surface area contributed by atoms with Crippen molar-refractivity contribution in [3.8, 4) is 0 Å². The quantitative estimate of drug-likeness (QED) is 0.870. The van der Waals surface area contributed by atoms with Gasteiger partial charge in [-0.05, 0) is 36.0 Å². The first-order chi connectivity index (χ1) is 13.0. The molecular formula is C23H28N2O2. The molecule has 2 aromatic carbocycles. The maximum absolute atomic E-state index is 13.0. The standard InChI is InChI=1S/C23H28N2O2/c1-17-13-18(2)16-25(15-17)22(26)14-21(19-9-5-3-6-10-19)24-23(27)20-11-7-4-8-12-20/h3-12,17-18,21H,13-16H2,1-2H3,(H,24,27)/t17-,18+,21-/m0/s1. The van der Waals surface area contributed by atoms with Crippen LogP contribution in [0, 0.1) is 11.8 Å². The summed E-state index contributed by atoms with van der Waals surface area (Å²) in [5.41, 5.74) is 1.55. The molecule has 1 fully saturated rings. The first-order valence-corrected chi connectivity index (χ1v) is 9.71. The third-order valence-corrected chi connectivity index (χ3v) is 5.14. The predicted octanol–water partition coefficient (Wildman–Crippen LogP) is 4.05. The molecule has 27 heavy (non-hydrogen) atoms. The van der Waals surface area contributed by atoms with Gasteiger partial charge in [-0.3, -0.25) is 9.59 Å². The zero-order valence-electron chi connectivity index (χ0n) is 16.1. The van der Waals surface area contributed by atoms with Gasteiger partial charge in [0.25, 0.3) is 5.91 Å². The first-order valence-electron chi connectivity index (χ1n) is 9.71. The molecule has 0 bridgehead atoms. The van der Waals surface area contributed by atoms with Crippen LogP contribution in [0.15, 0.2) is 60.7 Å². The summed E-state index contributed by atoms with van der Waals surface area (Å²) in [6.45, 7) is 6.00. The summed E-state index contributed by atoms with van der Waals surface area (Å²) in [4.78, 5) is 27.6. The Balaban J connectivity index is 1.74. The van der Waals surface area contributed by atoms with Gasteiger partial charge < -0.3 is 10.2 Å². The highest BCUT2D eigenvalue weighted by molar-refractivity contribution is 5.94. The Morgan fingerprint density at radius 1 is 0.963 bits per heavy atom. The van der Waals surface area contributed by atoms with Crippen LogP contribution in [0.1, 0.15) is 48.7 Å². The number of benzene rings is 2. The lowest BCUT2D eigenvalue weighted by Gasteiger charge is -2.36. The highest BCUT2D eigenvalue weighted by Gasteiger charge is 2.28. The van der Waals surface area contributed by atoms with Crippen LogP contribution in [-0.4, -0.2) is 29.8 Å². The molecule has 1 N–H and O–H groups in total. The van der Waals surface area contributed by atoms with Gasteiger partial charge in [0.1, 0.15) is 0 Å². The fraction of sp³-hybridized carbons (Fsp3) is 0.391.